The summed E-state index contributed by atoms with van der Waals surface area (Å²) in [6, 6.07) is 0. The molecule has 0 unspecified atom stereocenters. The predicted molar refractivity (Wildman–Crippen MR) is 121 cm³/mol. The molecule has 8 nitrogen and oxygen atoms in total. The third-order valence-electron chi connectivity index (χ3n) is 5.18. The van der Waals surface area contributed by atoms with Gasteiger partial charge in [0.25, 0.3) is 0 Å². The van der Waals surface area contributed by atoms with Crippen LogP contribution in [0.25, 0.3) is 10.2 Å². The molecule has 0 aromatic carbocycles. The number of hydrogen-bond donors (Lipinski definition) is 0. The fourth-order valence-electron chi connectivity index (χ4n) is 3.68. The van der Waals surface area contributed by atoms with E-state index in [0.29, 0.717) is 17.3 Å². The van der Waals surface area contributed by atoms with Crippen molar-refractivity contribution in [3.8, 4) is 0 Å². The summed E-state index contributed by atoms with van der Waals surface area (Å²) in [5.74, 6) is 2.25. The first-order chi connectivity index (χ1) is 14.5. The zero-order valence-corrected chi connectivity index (χ0v) is 19.4. The standard InChI is InChI=1S/C20H26N6O2S2/c1-5-14-23-20(30-24-14)26-9-7-8-25(10-11-26)17-15-12(3)16(19(27)28-6-2)29-18(15)22-13(4)21-17/h5-11H2,1-4H3. The Labute approximate surface area is 184 Å². The van der Waals surface area contributed by atoms with Gasteiger partial charge in [-0.15, -0.1) is 11.3 Å². The molecule has 0 bridgehead atoms. The van der Waals surface area contributed by atoms with Crippen molar-refractivity contribution in [1.29, 1.82) is 0 Å². The van der Waals surface area contributed by atoms with Gasteiger partial charge in [0.15, 0.2) is 0 Å². The highest BCUT2D eigenvalue weighted by molar-refractivity contribution is 7.20. The molecule has 0 N–H and O–H groups in total. The average Bonchev–Trinajstić information content (AvgIpc) is 3.24. The quantitative estimate of drug-likeness (QED) is 0.550. The third kappa shape index (κ3) is 3.98. The highest BCUT2D eigenvalue weighted by Crippen LogP contribution is 2.36. The molecule has 160 valence electrons. The maximum Gasteiger partial charge on any atom is 0.348 e. The first-order valence-electron chi connectivity index (χ1n) is 10.3. The van der Waals surface area contributed by atoms with E-state index >= 15 is 0 Å². The zero-order chi connectivity index (χ0) is 21.3. The Morgan fingerprint density at radius 1 is 1.07 bits per heavy atom. The van der Waals surface area contributed by atoms with E-state index in [9.17, 15) is 4.79 Å². The lowest BCUT2D eigenvalue weighted by Gasteiger charge is -2.23. The maximum atomic E-state index is 12.4. The molecule has 0 radical (unpaired) electrons. The Morgan fingerprint density at radius 3 is 2.57 bits per heavy atom. The van der Waals surface area contributed by atoms with Crippen LogP contribution in [0.5, 0.6) is 0 Å². The van der Waals surface area contributed by atoms with Gasteiger partial charge in [-0.3, -0.25) is 0 Å². The molecule has 0 atom stereocenters. The van der Waals surface area contributed by atoms with Crippen LogP contribution in [0, 0.1) is 13.8 Å². The number of esters is 1. The number of anilines is 2. The fourth-order valence-corrected chi connectivity index (χ4v) is 5.60. The van der Waals surface area contributed by atoms with E-state index in [1.54, 1.807) is 0 Å². The number of aryl methyl sites for hydroxylation is 3. The van der Waals surface area contributed by atoms with E-state index in [2.05, 4.69) is 31.1 Å². The van der Waals surface area contributed by atoms with Crippen LogP contribution in [-0.2, 0) is 11.2 Å². The van der Waals surface area contributed by atoms with Crippen LogP contribution >= 0.6 is 22.9 Å². The summed E-state index contributed by atoms with van der Waals surface area (Å²) in [6.45, 7) is 11.6. The van der Waals surface area contributed by atoms with E-state index in [4.69, 9.17) is 9.72 Å². The lowest BCUT2D eigenvalue weighted by Crippen LogP contribution is -2.31. The topological polar surface area (TPSA) is 84.3 Å². The number of rotatable bonds is 5. The zero-order valence-electron chi connectivity index (χ0n) is 17.8. The molecule has 0 saturated carbocycles. The van der Waals surface area contributed by atoms with Crippen LogP contribution in [0.3, 0.4) is 0 Å². The minimum absolute atomic E-state index is 0.286. The van der Waals surface area contributed by atoms with Crippen molar-refractivity contribution in [2.45, 2.75) is 40.5 Å². The molecule has 0 aliphatic carbocycles. The molecular weight excluding hydrogens is 420 g/mol. The minimum Gasteiger partial charge on any atom is -0.462 e. The van der Waals surface area contributed by atoms with Crippen LogP contribution in [0.1, 0.15) is 47.2 Å². The van der Waals surface area contributed by atoms with Crippen molar-refractivity contribution in [2.75, 3.05) is 42.6 Å². The molecule has 1 fully saturated rings. The van der Waals surface area contributed by atoms with Gasteiger partial charge >= 0.3 is 5.97 Å². The second-order valence-electron chi connectivity index (χ2n) is 7.23. The van der Waals surface area contributed by atoms with Gasteiger partial charge in [0, 0.05) is 44.1 Å². The van der Waals surface area contributed by atoms with E-state index in [-0.39, 0.29) is 5.97 Å². The highest BCUT2D eigenvalue weighted by Gasteiger charge is 2.25. The molecule has 1 saturated heterocycles. The number of thiophene rings is 1. The normalized spacial score (nSPS) is 14.9. The second kappa shape index (κ2) is 8.81. The molecule has 1 aliphatic rings. The molecule has 3 aromatic heterocycles. The monoisotopic (exact) mass is 446 g/mol. The summed E-state index contributed by atoms with van der Waals surface area (Å²) in [5.41, 5.74) is 0.904. The smallest absolute Gasteiger partial charge is 0.348 e. The van der Waals surface area contributed by atoms with Crippen molar-refractivity contribution in [3.63, 3.8) is 0 Å². The first-order valence-corrected chi connectivity index (χ1v) is 11.9. The number of hydrogen-bond acceptors (Lipinski definition) is 10. The predicted octanol–water partition coefficient (Wildman–Crippen LogP) is 3.62. The van der Waals surface area contributed by atoms with Crippen molar-refractivity contribution in [2.24, 2.45) is 0 Å². The van der Waals surface area contributed by atoms with Gasteiger partial charge in [-0.05, 0) is 32.8 Å². The Bertz CT molecular complexity index is 1060. The summed E-state index contributed by atoms with van der Waals surface area (Å²) in [5, 5.41) is 1.96. The number of ether oxygens (including phenoxy) is 1. The first kappa shape index (κ1) is 20.9. The molecule has 10 heteroatoms. The number of carbonyl (C=O) groups is 1. The largest absolute Gasteiger partial charge is 0.462 e. The lowest BCUT2D eigenvalue weighted by atomic mass is 10.2. The van der Waals surface area contributed by atoms with Crippen molar-refractivity contribution in [3.05, 3.63) is 22.1 Å². The van der Waals surface area contributed by atoms with Crippen LogP contribution in [0.2, 0.25) is 0 Å². The van der Waals surface area contributed by atoms with Crippen molar-refractivity contribution < 1.29 is 9.53 Å². The van der Waals surface area contributed by atoms with Crippen LogP contribution < -0.4 is 9.80 Å². The van der Waals surface area contributed by atoms with Crippen LogP contribution in [0.15, 0.2) is 0 Å². The SMILES string of the molecule is CCOC(=O)c1sc2nc(C)nc(N3CCCN(c4nc(CC)ns4)CC3)c2c1C. The molecule has 0 amide bonds. The summed E-state index contributed by atoms with van der Waals surface area (Å²) < 4.78 is 9.67. The van der Waals surface area contributed by atoms with E-state index in [1.165, 1.54) is 22.9 Å². The van der Waals surface area contributed by atoms with Gasteiger partial charge in [0.05, 0.1) is 12.0 Å². The van der Waals surface area contributed by atoms with Crippen molar-refractivity contribution in [1.82, 2.24) is 19.3 Å². The summed E-state index contributed by atoms with van der Waals surface area (Å²) >= 11 is 2.87. The molecule has 30 heavy (non-hydrogen) atoms. The van der Waals surface area contributed by atoms with Gasteiger partial charge in [0.1, 0.15) is 27.2 Å². The third-order valence-corrected chi connectivity index (χ3v) is 7.16. The molecule has 4 rings (SSSR count). The summed E-state index contributed by atoms with van der Waals surface area (Å²) in [4.78, 5) is 32.5. The second-order valence-corrected chi connectivity index (χ2v) is 8.95. The average molecular weight is 447 g/mol. The van der Waals surface area contributed by atoms with E-state index in [1.807, 2.05) is 20.8 Å². The Balaban J connectivity index is 1.64. The van der Waals surface area contributed by atoms with E-state index in [0.717, 1.165) is 71.6 Å². The Kier molecular flexibility index (Phi) is 6.14. The Hall–Kier alpha value is -2.33. The molecule has 4 heterocycles. The summed E-state index contributed by atoms with van der Waals surface area (Å²) in [6.07, 6.45) is 1.86. The highest BCUT2D eigenvalue weighted by atomic mass is 32.1. The van der Waals surface area contributed by atoms with Gasteiger partial charge in [-0.1, -0.05) is 6.92 Å². The van der Waals surface area contributed by atoms with Gasteiger partial charge in [-0.2, -0.15) is 4.37 Å². The maximum absolute atomic E-state index is 12.4. The van der Waals surface area contributed by atoms with Gasteiger partial charge in [-0.25, -0.2) is 19.7 Å². The molecule has 3 aromatic rings. The van der Waals surface area contributed by atoms with Gasteiger partial charge in [0.2, 0.25) is 5.13 Å². The lowest BCUT2D eigenvalue weighted by molar-refractivity contribution is 0.0531. The number of carbonyl (C=O) groups excluding carboxylic acids is 1. The number of aromatic nitrogens is 4. The Morgan fingerprint density at radius 2 is 1.83 bits per heavy atom. The number of nitrogens with zero attached hydrogens (tertiary/aromatic N) is 6. The molecule has 1 aliphatic heterocycles. The summed E-state index contributed by atoms with van der Waals surface area (Å²) in [7, 11) is 0. The molecule has 0 spiro atoms. The molecular formula is C20H26N6O2S2. The van der Waals surface area contributed by atoms with Gasteiger partial charge < -0.3 is 14.5 Å². The fraction of sp³-hybridized carbons (Fsp3) is 0.550. The minimum atomic E-state index is -0.286. The van der Waals surface area contributed by atoms with Crippen molar-refractivity contribution >= 4 is 50.0 Å². The van der Waals surface area contributed by atoms with Crippen LogP contribution in [0.4, 0.5) is 10.9 Å². The number of fused-ring (bicyclic) bond motifs is 1. The van der Waals surface area contributed by atoms with Crippen LogP contribution in [-0.4, -0.2) is 58.1 Å². The van der Waals surface area contributed by atoms with E-state index < -0.39 is 0 Å².